The number of carbonyl (C=O) groups excluding carboxylic acids is 2. The minimum absolute atomic E-state index is 0. The van der Waals surface area contributed by atoms with Crippen molar-refractivity contribution in [3.63, 3.8) is 0 Å². The average molecular weight is 1710 g/mol. The molecule has 43 heteroatoms. The molecule has 15 nitrogen and oxygen atoms in total. The van der Waals surface area contributed by atoms with Gasteiger partial charge in [0.25, 0.3) is 11.8 Å². The third kappa shape index (κ3) is 20.2. The number of hydrogen-bond donors (Lipinski definition) is 4. The Labute approximate surface area is 633 Å². The fourth-order valence-electron chi connectivity index (χ4n) is 10.7. The maximum absolute atomic E-state index is 13.8. The second-order valence-electron chi connectivity index (χ2n) is 22.6. The van der Waals surface area contributed by atoms with Crippen molar-refractivity contribution in [2.45, 2.75) is 104 Å². The van der Waals surface area contributed by atoms with Crippen LogP contribution in [0.3, 0.4) is 0 Å². The van der Waals surface area contributed by atoms with Crippen molar-refractivity contribution in [3.8, 4) is 37.1 Å². The van der Waals surface area contributed by atoms with Gasteiger partial charge < -0.3 is 26.4 Å². The molecule has 0 spiro atoms. The van der Waals surface area contributed by atoms with Crippen LogP contribution in [0.25, 0.3) is 31.3 Å². The number of thiophene rings is 4. The molecule has 2 atom stereocenters. The maximum atomic E-state index is 13.8. The first-order chi connectivity index (χ1) is 46.9. The number of halogens is 17. The molecule has 558 valence electrons. The molecule has 4 aromatic carbocycles. The van der Waals surface area contributed by atoms with Gasteiger partial charge in [0.05, 0.1) is 14.9 Å². The van der Waals surface area contributed by atoms with Crippen LogP contribution in [0.1, 0.15) is 93.4 Å². The van der Waals surface area contributed by atoms with Crippen LogP contribution in [0.15, 0.2) is 93.4 Å². The fraction of sp³-hybridized carbons (Fsp3) is 0.311. The molecular formula is C61H50B2BrF16NaO15S8. The van der Waals surface area contributed by atoms with E-state index in [1.165, 1.54) is 0 Å². The first kappa shape index (κ1) is 89.6. The van der Waals surface area contributed by atoms with Crippen molar-refractivity contribution in [1.29, 1.82) is 0 Å². The topological polar surface area (TPSA) is 261 Å². The predicted octanol–water partition coefficient (Wildman–Crippen LogP) is 11.2. The summed E-state index contributed by atoms with van der Waals surface area (Å²) in [6.07, 6.45) is -4.49. The van der Waals surface area contributed by atoms with Crippen LogP contribution in [-0.4, -0.2) is 138 Å². The van der Waals surface area contributed by atoms with Gasteiger partial charge in [0.2, 0.25) is 11.6 Å². The molecule has 0 amide bonds. The molecule has 0 saturated heterocycles. The second kappa shape index (κ2) is 33.8. The largest absolute Gasteiger partial charge is 1.00 e. The summed E-state index contributed by atoms with van der Waals surface area (Å²) in [4.78, 5) is 24.1. The molecular weight excluding hydrogens is 1660 g/mol. The van der Waals surface area contributed by atoms with Gasteiger partial charge in [-0.2, -0.15) is 17.6 Å². The smallest absolute Gasteiger partial charge is 1.00 e. The standard InChI is InChI=1S/2C15H12F4O3S2.C15H10F4O3S2.C9H7BrF2O3S2.C6H4BF2O2.CH4O.B.Na.H/c3*1-24(21,22)14-11-10(2-3-15(18,19)13(11)20)12(23-14)7-4-8(16)6-9(17)5-7;1-17(14,15)8-5-4(7(10)16-8)2-3-9(11,12)6(5)13;8-4-1-5(9)3-6(2-4)11-7-10;1-2;;;/h2*4-6,13,20H,2-3H2,1H3;4-6H,2-3H2,1H3;2-3H2,1H3;1-3,10H;2H,1H3;;;/q;;;;;;;+1;-1/t13-;;;;;;;;/m0......../s1. The molecule has 0 saturated carbocycles. The van der Waals surface area contributed by atoms with Gasteiger partial charge in [-0.25, -0.2) is 86.4 Å². The summed E-state index contributed by atoms with van der Waals surface area (Å²) < 4.78 is 312. The summed E-state index contributed by atoms with van der Waals surface area (Å²) in [6, 6.07) is 10.5. The van der Waals surface area contributed by atoms with Gasteiger partial charge in [-0.3, -0.25) is 9.59 Å². The fourth-order valence-corrected chi connectivity index (χ4v) is 21.8. The maximum Gasteiger partial charge on any atom is 1.00 e. The molecule has 0 aliphatic heterocycles. The van der Waals surface area contributed by atoms with Crippen molar-refractivity contribution >= 4 is 128 Å². The first-order valence-electron chi connectivity index (χ1n) is 28.4. The van der Waals surface area contributed by atoms with E-state index in [9.17, 15) is 124 Å². The number of Topliss-reactive ketones (excluding diaryl/α,β-unsaturated/α-hetero) is 2. The van der Waals surface area contributed by atoms with Gasteiger partial charge >= 0.3 is 49.1 Å². The van der Waals surface area contributed by atoms with Crippen LogP contribution in [0.5, 0.6) is 5.75 Å². The first-order valence-corrected chi connectivity index (χ1v) is 40.0. The minimum atomic E-state index is -3.96. The van der Waals surface area contributed by atoms with Gasteiger partial charge in [0.15, 0.2) is 39.3 Å². The molecule has 1 unspecified atom stereocenters. The van der Waals surface area contributed by atoms with E-state index in [-0.39, 0.29) is 140 Å². The summed E-state index contributed by atoms with van der Waals surface area (Å²) >= 11 is 5.80. The van der Waals surface area contributed by atoms with Gasteiger partial charge in [0, 0.05) is 128 Å². The van der Waals surface area contributed by atoms with E-state index in [0.29, 0.717) is 75.3 Å². The Balaban J connectivity index is 0.000000280. The average Bonchev–Trinajstić information content (AvgIpc) is 1.62. The number of fused-ring (bicyclic) bond motifs is 4. The zero-order valence-corrected chi connectivity index (χ0v) is 64.0. The third-order valence-corrected chi connectivity index (χ3v) is 28.1. The molecule has 8 aromatic rings. The Kier molecular flexibility index (Phi) is 29.1. The van der Waals surface area contributed by atoms with Crippen LogP contribution < -0.4 is 34.2 Å². The molecule has 4 radical (unpaired) electrons. The van der Waals surface area contributed by atoms with E-state index in [0.717, 1.165) is 92.0 Å². The number of aliphatic hydroxyl groups is 3. The second-order valence-corrected chi connectivity index (χ2v) is 36.8. The molecule has 12 rings (SSSR count). The number of ketones is 2. The number of aliphatic hydroxyl groups excluding tert-OH is 3. The normalized spacial score (nSPS) is 17.3. The van der Waals surface area contributed by atoms with E-state index in [1.54, 1.807) is 0 Å². The van der Waals surface area contributed by atoms with E-state index in [2.05, 4.69) is 20.6 Å². The Hall–Kier alpha value is -5.05. The molecule has 4 aromatic heterocycles. The quantitative estimate of drug-likeness (QED) is 0.0773. The Morgan fingerprint density at radius 2 is 0.702 bits per heavy atom. The van der Waals surface area contributed by atoms with Crippen molar-refractivity contribution in [1.82, 2.24) is 0 Å². The van der Waals surface area contributed by atoms with E-state index >= 15 is 0 Å². The monoisotopic (exact) mass is 1710 g/mol. The zero-order chi connectivity index (χ0) is 76.9. The molecule has 4 heterocycles. The van der Waals surface area contributed by atoms with Gasteiger partial charge in [-0.05, 0) is 117 Å². The Morgan fingerprint density at radius 1 is 0.442 bits per heavy atom. The number of carbonyl (C=O) groups is 2. The third-order valence-electron chi connectivity index (χ3n) is 14.9. The molecule has 4 aliphatic carbocycles. The number of benzene rings is 4. The van der Waals surface area contributed by atoms with E-state index < -0.39 is 177 Å². The van der Waals surface area contributed by atoms with Crippen molar-refractivity contribution in [3.05, 3.63) is 168 Å². The van der Waals surface area contributed by atoms with Crippen molar-refractivity contribution < 1.29 is 169 Å². The van der Waals surface area contributed by atoms with Crippen LogP contribution in [0, 0.1) is 46.5 Å². The summed E-state index contributed by atoms with van der Waals surface area (Å²) in [5.74, 6) is -23.8. The van der Waals surface area contributed by atoms with Gasteiger partial charge in [0.1, 0.15) is 81.3 Å². The Morgan fingerprint density at radius 3 is 1.01 bits per heavy atom. The summed E-state index contributed by atoms with van der Waals surface area (Å²) in [6.45, 7) is 0. The van der Waals surface area contributed by atoms with Gasteiger partial charge in [-0.1, -0.05) is 0 Å². The number of sulfone groups is 4. The molecule has 0 fully saturated rings. The zero-order valence-electron chi connectivity index (χ0n) is 54.9. The minimum Gasteiger partial charge on any atom is -1.00 e. The molecule has 4 N–H and O–H groups in total. The summed E-state index contributed by atoms with van der Waals surface area (Å²) in [7, 11) is -14.1. The van der Waals surface area contributed by atoms with E-state index in [4.69, 9.17) is 10.1 Å². The number of alkyl halides is 8. The molecule has 4 aliphatic rings. The van der Waals surface area contributed by atoms with Crippen LogP contribution in [0.2, 0.25) is 0 Å². The van der Waals surface area contributed by atoms with E-state index in [1.807, 2.05) is 0 Å². The number of rotatable bonds is 9. The summed E-state index contributed by atoms with van der Waals surface area (Å²) in [5, 5.41) is 35.0. The van der Waals surface area contributed by atoms with Gasteiger partial charge in [-0.15, -0.1) is 45.3 Å². The molecule has 0 bridgehead atoms. The SMILES string of the molecule is CO.CS(=O)(=O)c1sc(-c2cc(F)cc(F)c2)c2c1C(=O)C(F)(F)CC2.CS(=O)(=O)c1sc(-c2cc(F)cc(F)c2)c2c1C(O)C(F)(F)CC2.CS(=O)(=O)c1sc(-c2cc(F)cc(F)c2)c2c1[C@H](O)C(F)(F)CC2.CS(=O)(=O)c1sc(Br)c2c1C(=O)C(F)(F)CC2.O[B]Oc1cc(F)cc(F)c1.[B].[H-].[Na+]. The Bertz CT molecular complexity index is 4850. The van der Waals surface area contributed by atoms with Crippen molar-refractivity contribution in [2.24, 2.45) is 0 Å². The van der Waals surface area contributed by atoms with Crippen molar-refractivity contribution in [2.75, 3.05) is 32.1 Å². The van der Waals surface area contributed by atoms with Crippen LogP contribution in [-0.2, 0) is 65.0 Å². The van der Waals surface area contributed by atoms with Crippen LogP contribution >= 0.6 is 61.3 Å². The summed E-state index contributed by atoms with van der Waals surface area (Å²) in [5.41, 5.74) is -0.611. The van der Waals surface area contributed by atoms with Crippen LogP contribution in [0.4, 0.5) is 70.2 Å². The number of hydrogen-bond acceptors (Lipinski definition) is 19. The molecule has 104 heavy (non-hydrogen) atoms. The predicted molar refractivity (Wildman–Crippen MR) is 355 cm³/mol.